The lowest BCUT2D eigenvalue weighted by molar-refractivity contribution is 0.404. The molecule has 0 radical (unpaired) electrons. The van der Waals surface area contributed by atoms with E-state index in [-0.39, 0.29) is 5.41 Å². The Kier molecular flexibility index (Phi) is 3.19. The van der Waals surface area contributed by atoms with Crippen LogP contribution in [-0.2, 0) is 0 Å². The van der Waals surface area contributed by atoms with Crippen LogP contribution in [0.25, 0.3) is 11.0 Å². The number of aromatic nitrogens is 3. The van der Waals surface area contributed by atoms with Crippen molar-refractivity contribution < 1.29 is 0 Å². The molecule has 0 aliphatic rings. The molecule has 0 bridgehead atoms. The molecule has 90 valence electrons. The maximum absolute atomic E-state index is 5.66. The predicted octanol–water partition coefficient (Wildman–Crippen LogP) is 1.42. The molecule has 5 nitrogen and oxygen atoms in total. The third-order valence-corrected chi connectivity index (χ3v) is 2.64. The van der Waals surface area contributed by atoms with Crippen LogP contribution in [0.4, 0.5) is 5.95 Å². The van der Waals surface area contributed by atoms with Crippen molar-refractivity contribution >= 4 is 17.0 Å². The molecule has 2 rings (SSSR count). The molecule has 17 heavy (non-hydrogen) atoms. The van der Waals surface area contributed by atoms with Gasteiger partial charge in [-0.25, -0.2) is 4.98 Å². The third kappa shape index (κ3) is 2.88. The normalized spacial score (nSPS) is 11.7. The number of rotatable bonds is 4. The first kappa shape index (κ1) is 11.7. The summed E-state index contributed by atoms with van der Waals surface area (Å²) in [6.45, 7) is 5.52. The molecule has 0 aliphatic carbocycles. The largest absolute Gasteiger partial charge is 0.352 e. The quantitative estimate of drug-likeness (QED) is 0.832. The first-order chi connectivity index (χ1) is 8.11. The van der Waals surface area contributed by atoms with Crippen LogP contribution in [0.3, 0.4) is 0 Å². The van der Waals surface area contributed by atoms with Crippen molar-refractivity contribution in [2.24, 2.45) is 11.1 Å². The van der Waals surface area contributed by atoms with Gasteiger partial charge in [0.05, 0.1) is 5.52 Å². The average molecular weight is 231 g/mol. The SMILES string of the molecule is CC(C)(CN)CNc1nnc2ccccc2n1. The van der Waals surface area contributed by atoms with Crippen LogP contribution in [0.5, 0.6) is 0 Å². The molecule has 0 spiro atoms. The first-order valence-electron chi connectivity index (χ1n) is 5.64. The molecule has 1 heterocycles. The molecule has 0 fully saturated rings. The zero-order valence-corrected chi connectivity index (χ0v) is 10.1. The monoisotopic (exact) mass is 231 g/mol. The van der Waals surface area contributed by atoms with Crippen LogP contribution >= 0.6 is 0 Å². The molecule has 2 aromatic rings. The first-order valence-corrected chi connectivity index (χ1v) is 5.64. The molecule has 0 amide bonds. The van der Waals surface area contributed by atoms with Crippen LogP contribution < -0.4 is 11.1 Å². The minimum Gasteiger partial charge on any atom is -0.352 e. The van der Waals surface area contributed by atoms with E-state index >= 15 is 0 Å². The molecule has 0 aliphatic heterocycles. The summed E-state index contributed by atoms with van der Waals surface area (Å²) in [7, 11) is 0. The van der Waals surface area contributed by atoms with Crippen molar-refractivity contribution in [1.29, 1.82) is 0 Å². The topological polar surface area (TPSA) is 76.7 Å². The second kappa shape index (κ2) is 4.63. The third-order valence-electron chi connectivity index (χ3n) is 2.64. The molecule has 5 heteroatoms. The molecule has 0 saturated carbocycles. The maximum Gasteiger partial charge on any atom is 0.243 e. The van der Waals surface area contributed by atoms with Crippen molar-refractivity contribution in [2.75, 3.05) is 18.4 Å². The molecular formula is C12H17N5. The Bertz CT molecular complexity index is 509. The van der Waals surface area contributed by atoms with E-state index in [0.29, 0.717) is 12.5 Å². The standard InChI is InChI=1S/C12H17N5/c1-12(2,7-13)8-14-11-15-9-5-3-4-6-10(9)16-17-11/h3-6H,7-8,13H2,1-2H3,(H,14,15,17). The lowest BCUT2D eigenvalue weighted by atomic mass is 9.94. The van der Waals surface area contributed by atoms with Crippen molar-refractivity contribution in [2.45, 2.75) is 13.8 Å². The molecule has 0 atom stereocenters. The summed E-state index contributed by atoms with van der Waals surface area (Å²) in [4.78, 5) is 4.39. The van der Waals surface area contributed by atoms with E-state index in [1.807, 2.05) is 24.3 Å². The van der Waals surface area contributed by atoms with Gasteiger partial charge in [0.15, 0.2) is 0 Å². The Balaban J connectivity index is 2.14. The van der Waals surface area contributed by atoms with E-state index in [9.17, 15) is 0 Å². The molecular weight excluding hydrogens is 214 g/mol. The van der Waals surface area contributed by atoms with Crippen molar-refractivity contribution in [3.05, 3.63) is 24.3 Å². The van der Waals surface area contributed by atoms with Crippen molar-refractivity contribution in [1.82, 2.24) is 15.2 Å². The highest BCUT2D eigenvalue weighted by Crippen LogP contribution is 2.14. The minimum absolute atomic E-state index is 0.0228. The fourth-order valence-corrected chi connectivity index (χ4v) is 1.35. The molecule has 0 unspecified atom stereocenters. The summed E-state index contributed by atoms with van der Waals surface area (Å²) in [6.07, 6.45) is 0. The van der Waals surface area contributed by atoms with Crippen LogP contribution in [0.2, 0.25) is 0 Å². The van der Waals surface area contributed by atoms with Crippen LogP contribution in [-0.4, -0.2) is 28.3 Å². The van der Waals surface area contributed by atoms with E-state index in [4.69, 9.17) is 5.73 Å². The Labute approximate surface area is 100 Å². The number of fused-ring (bicyclic) bond motifs is 1. The summed E-state index contributed by atoms with van der Waals surface area (Å²) in [5.74, 6) is 0.547. The number of nitrogens with one attached hydrogen (secondary N) is 1. The zero-order chi connectivity index (χ0) is 12.3. The Morgan fingerprint density at radius 3 is 2.59 bits per heavy atom. The van der Waals surface area contributed by atoms with Gasteiger partial charge >= 0.3 is 0 Å². The van der Waals surface area contributed by atoms with Crippen molar-refractivity contribution in [3.63, 3.8) is 0 Å². The second-order valence-electron chi connectivity index (χ2n) is 4.85. The van der Waals surface area contributed by atoms with Gasteiger partial charge in [-0.15, -0.1) is 10.2 Å². The number of para-hydroxylation sites is 1. The predicted molar refractivity (Wildman–Crippen MR) is 68.7 cm³/mol. The summed E-state index contributed by atoms with van der Waals surface area (Å²) < 4.78 is 0. The number of nitrogens with two attached hydrogens (primary N) is 1. The minimum atomic E-state index is 0.0228. The van der Waals surface area contributed by atoms with Gasteiger partial charge in [-0.3, -0.25) is 0 Å². The Morgan fingerprint density at radius 1 is 1.18 bits per heavy atom. The van der Waals surface area contributed by atoms with E-state index in [1.54, 1.807) is 0 Å². The maximum atomic E-state index is 5.66. The van der Waals surface area contributed by atoms with Gasteiger partial charge in [0.25, 0.3) is 0 Å². The summed E-state index contributed by atoms with van der Waals surface area (Å²) in [5.41, 5.74) is 7.33. The van der Waals surface area contributed by atoms with Crippen molar-refractivity contribution in [3.8, 4) is 0 Å². The fraction of sp³-hybridized carbons (Fsp3) is 0.417. The number of hydrogen-bond donors (Lipinski definition) is 2. The average Bonchev–Trinajstić information content (AvgIpc) is 2.36. The highest BCUT2D eigenvalue weighted by atomic mass is 15.2. The molecule has 1 aromatic carbocycles. The van der Waals surface area contributed by atoms with Gasteiger partial charge in [0.1, 0.15) is 5.52 Å². The van der Waals surface area contributed by atoms with Crippen LogP contribution in [0.15, 0.2) is 24.3 Å². The number of benzene rings is 1. The molecule has 0 saturated heterocycles. The summed E-state index contributed by atoms with van der Waals surface area (Å²) >= 11 is 0. The van der Waals surface area contributed by atoms with Gasteiger partial charge in [-0.1, -0.05) is 26.0 Å². The fourth-order valence-electron chi connectivity index (χ4n) is 1.35. The number of anilines is 1. The smallest absolute Gasteiger partial charge is 0.243 e. The highest BCUT2D eigenvalue weighted by Gasteiger charge is 2.15. The van der Waals surface area contributed by atoms with Gasteiger partial charge < -0.3 is 11.1 Å². The molecule has 3 N–H and O–H groups in total. The highest BCUT2D eigenvalue weighted by molar-refractivity contribution is 5.73. The summed E-state index contributed by atoms with van der Waals surface area (Å²) in [6, 6.07) is 7.67. The molecule has 1 aromatic heterocycles. The van der Waals surface area contributed by atoms with E-state index in [0.717, 1.165) is 17.6 Å². The lowest BCUT2D eigenvalue weighted by Crippen LogP contribution is -2.31. The number of nitrogens with zero attached hydrogens (tertiary/aromatic N) is 3. The second-order valence-corrected chi connectivity index (χ2v) is 4.85. The van der Waals surface area contributed by atoms with E-state index < -0.39 is 0 Å². The van der Waals surface area contributed by atoms with Gasteiger partial charge in [0, 0.05) is 6.54 Å². The van der Waals surface area contributed by atoms with E-state index in [2.05, 4.69) is 34.3 Å². The Hall–Kier alpha value is -1.75. The van der Waals surface area contributed by atoms with E-state index in [1.165, 1.54) is 0 Å². The lowest BCUT2D eigenvalue weighted by Gasteiger charge is -2.22. The summed E-state index contributed by atoms with van der Waals surface area (Å²) in [5, 5.41) is 11.3. The van der Waals surface area contributed by atoms with Gasteiger partial charge in [-0.2, -0.15) is 0 Å². The number of hydrogen-bond acceptors (Lipinski definition) is 5. The Morgan fingerprint density at radius 2 is 1.88 bits per heavy atom. The zero-order valence-electron chi connectivity index (χ0n) is 10.1. The van der Waals surface area contributed by atoms with Gasteiger partial charge in [-0.05, 0) is 24.1 Å². The van der Waals surface area contributed by atoms with Crippen LogP contribution in [0, 0.1) is 5.41 Å². The van der Waals surface area contributed by atoms with Gasteiger partial charge in [0.2, 0.25) is 5.95 Å². The van der Waals surface area contributed by atoms with Crippen LogP contribution in [0.1, 0.15) is 13.8 Å².